The Kier molecular flexibility index (Phi) is 6.17. The number of benzene rings is 1. The molecular formula is C15H14Cl2N4O5. The molecule has 0 radical (unpaired) electrons. The third-order valence-corrected chi connectivity index (χ3v) is 3.94. The summed E-state index contributed by atoms with van der Waals surface area (Å²) in [5.74, 6) is -1.38. The maximum absolute atomic E-state index is 11.9. The number of rotatable bonds is 6. The highest BCUT2D eigenvalue weighted by Crippen LogP contribution is 2.25. The SMILES string of the molecule is Cc1nn(CC(=O)OCC(=O)Nc2cc(Cl)ccc2Cl)c(C)c1[N+](=O)[O-]. The monoisotopic (exact) mass is 400 g/mol. The highest BCUT2D eigenvalue weighted by atomic mass is 35.5. The molecule has 138 valence electrons. The van der Waals surface area contributed by atoms with Crippen LogP contribution in [-0.2, 0) is 20.9 Å². The van der Waals surface area contributed by atoms with Crippen LogP contribution >= 0.6 is 23.2 Å². The summed E-state index contributed by atoms with van der Waals surface area (Å²) in [6.07, 6.45) is 0. The molecule has 11 heteroatoms. The van der Waals surface area contributed by atoms with Crippen molar-refractivity contribution < 1.29 is 19.2 Å². The highest BCUT2D eigenvalue weighted by molar-refractivity contribution is 6.35. The lowest BCUT2D eigenvalue weighted by atomic mass is 10.3. The zero-order valence-corrected chi connectivity index (χ0v) is 15.3. The molecule has 26 heavy (non-hydrogen) atoms. The van der Waals surface area contributed by atoms with Gasteiger partial charge >= 0.3 is 11.7 Å². The molecule has 0 bridgehead atoms. The van der Waals surface area contributed by atoms with E-state index >= 15 is 0 Å². The van der Waals surface area contributed by atoms with Crippen molar-refractivity contribution in [3.63, 3.8) is 0 Å². The van der Waals surface area contributed by atoms with Crippen molar-refractivity contribution in [3.8, 4) is 0 Å². The van der Waals surface area contributed by atoms with Crippen molar-refractivity contribution in [3.05, 3.63) is 49.7 Å². The molecule has 2 aromatic rings. The van der Waals surface area contributed by atoms with E-state index in [-0.39, 0.29) is 34.3 Å². The van der Waals surface area contributed by atoms with Gasteiger partial charge in [-0.05, 0) is 32.0 Å². The molecule has 0 unspecified atom stereocenters. The van der Waals surface area contributed by atoms with E-state index in [1.165, 1.54) is 26.0 Å². The number of esters is 1. The van der Waals surface area contributed by atoms with Gasteiger partial charge in [-0.25, -0.2) is 0 Å². The predicted molar refractivity (Wildman–Crippen MR) is 94.4 cm³/mol. The fraction of sp³-hybridized carbons (Fsp3) is 0.267. The summed E-state index contributed by atoms with van der Waals surface area (Å²) in [6, 6.07) is 4.53. The van der Waals surface area contributed by atoms with Gasteiger partial charge in [0, 0.05) is 5.02 Å². The number of amides is 1. The van der Waals surface area contributed by atoms with Crippen LogP contribution in [0.3, 0.4) is 0 Å². The molecule has 0 atom stereocenters. The van der Waals surface area contributed by atoms with E-state index in [1.54, 1.807) is 6.07 Å². The van der Waals surface area contributed by atoms with Crippen molar-refractivity contribution in [2.75, 3.05) is 11.9 Å². The van der Waals surface area contributed by atoms with Crippen LogP contribution in [0, 0.1) is 24.0 Å². The van der Waals surface area contributed by atoms with Gasteiger partial charge in [0.2, 0.25) is 0 Å². The number of carbonyl (C=O) groups excluding carboxylic acids is 2. The van der Waals surface area contributed by atoms with Crippen LogP contribution in [0.15, 0.2) is 18.2 Å². The number of anilines is 1. The number of aryl methyl sites for hydroxylation is 1. The average Bonchev–Trinajstić information content (AvgIpc) is 2.83. The van der Waals surface area contributed by atoms with E-state index in [9.17, 15) is 19.7 Å². The summed E-state index contributed by atoms with van der Waals surface area (Å²) in [4.78, 5) is 34.1. The standard InChI is InChI=1S/C15H14Cl2N4O5/c1-8-15(21(24)25)9(2)20(19-8)6-14(23)26-7-13(22)18-12-5-10(16)3-4-11(12)17/h3-5H,6-7H2,1-2H3,(H,18,22). The second-order valence-corrected chi connectivity index (χ2v) is 6.11. The molecule has 1 N–H and O–H groups in total. The number of hydrogen-bond donors (Lipinski definition) is 1. The molecule has 0 aliphatic heterocycles. The first-order chi connectivity index (χ1) is 12.2. The normalized spacial score (nSPS) is 10.5. The van der Waals surface area contributed by atoms with E-state index < -0.39 is 23.4 Å². The van der Waals surface area contributed by atoms with Gasteiger partial charge in [0.25, 0.3) is 5.91 Å². The van der Waals surface area contributed by atoms with E-state index in [1.807, 2.05) is 0 Å². The maximum Gasteiger partial charge on any atom is 0.328 e. The van der Waals surface area contributed by atoms with Gasteiger partial charge in [-0.2, -0.15) is 5.10 Å². The third kappa shape index (κ3) is 4.70. The Morgan fingerprint density at radius 1 is 1.35 bits per heavy atom. The third-order valence-electron chi connectivity index (χ3n) is 3.37. The predicted octanol–water partition coefficient (Wildman–Crippen LogP) is 2.90. The van der Waals surface area contributed by atoms with Crippen LogP contribution in [0.4, 0.5) is 11.4 Å². The lowest BCUT2D eigenvalue weighted by Gasteiger charge is -2.09. The van der Waals surface area contributed by atoms with Gasteiger partial charge in [0.1, 0.15) is 17.9 Å². The summed E-state index contributed by atoms with van der Waals surface area (Å²) < 4.78 is 6.01. The summed E-state index contributed by atoms with van der Waals surface area (Å²) in [7, 11) is 0. The van der Waals surface area contributed by atoms with Crippen LogP contribution in [0.5, 0.6) is 0 Å². The van der Waals surface area contributed by atoms with Gasteiger partial charge in [0.15, 0.2) is 6.61 Å². The van der Waals surface area contributed by atoms with Gasteiger partial charge < -0.3 is 10.1 Å². The van der Waals surface area contributed by atoms with E-state index in [0.29, 0.717) is 5.02 Å². The van der Waals surface area contributed by atoms with Crippen LogP contribution in [0.25, 0.3) is 0 Å². The molecule has 0 saturated carbocycles. The number of ether oxygens (including phenoxy) is 1. The number of nitrogens with zero attached hydrogens (tertiary/aromatic N) is 3. The largest absolute Gasteiger partial charge is 0.454 e. The summed E-state index contributed by atoms with van der Waals surface area (Å²) in [5.41, 5.74) is 0.536. The minimum absolute atomic E-state index is 0.161. The molecular weight excluding hydrogens is 387 g/mol. The number of hydrogen-bond acceptors (Lipinski definition) is 6. The summed E-state index contributed by atoms with van der Waals surface area (Å²) in [6.45, 7) is 2.03. The molecule has 1 heterocycles. The quantitative estimate of drug-likeness (QED) is 0.452. The van der Waals surface area contributed by atoms with Crippen molar-refractivity contribution in [2.45, 2.75) is 20.4 Å². The van der Waals surface area contributed by atoms with E-state index in [0.717, 1.165) is 4.68 Å². The van der Waals surface area contributed by atoms with Gasteiger partial charge in [-0.1, -0.05) is 23.2 Å². The molecule has 1 aromatic carbocycles. The number of nitrogens with one attached hydrogen (secondary N) is 1. The first kappa shape index (κ1) is 19.7. The van der Waals surface area contributed by atoms with Crippen LogP contribution < -0.4 is 5.32 Å². The van der Waals surface area contributed by atoms with Crippen molar-refractivity contribution in [1.82, 2.24) is 9.78 Å². The fourth-order valence-corrected chi connectivity index (χ4v) is 2.54. The molecule has 2 rings (SSSR count). The van der Waals surface area contributed by atoms with Crippen molar-refractivity contribution in [2.24, 2.45) is 0 Å². The number of nitro groups is 1. The van der Waals surface area contributed by atoms with Crippen LogP contribution in [-0.4, -0.2) is 33.2 Å². The molecule has 0 aliphatic carbocycles. The van der Waals surface area contributed by atoms with Gasteiger partial charge in [0.05, 0.1) is 15.6 Å². The molecule has 0 aliphatic rings. The Morgan fingerprint density at radius 2 is 2.04 bits per heavy atom. The fourth-order valence-electron chi connectivity index (χ4n) is 2.20. The minimum Gasteiger partial charge on any atom is -0.454 e. The van der Waals surface area contributed by atoms with Crippen molar-refractivity contribution in [1.29, 1.82) is 0 Å². The van der Waals surface area contributed by atoms with Crippen molar-refractivity contribution >= 4 is 46.5 Å². The zero-order chi connectivity index (χ0) is 19.4. The molecule has 1 aromatic heterocycles. The second kappa shape index (κ2) is 8.15. The topological polar surface area (TPSA) is 116 Å². The summed E-state index contributed by atoms with van der Waals surface area (Å²) in [5, 5.41) is 18.0. The smallest absolute Gasteiger partial charge is 0.328 e. The molecule has 0 saturated heterocycles. The van der Waals surface area contributed by atoms with Gasteiger partial charge in [-0.3, -0.25) is 24.4 Å². The Labute approximate surface area is 158 Å². The molecule has 9 nitrogen and oxygen atoms in total. The second-order valence-electron chi connectivity index (χ2n) is 5.27. The Bertz CT molecular complexity index is 881. The highest BCUT2D eigenvalue weighted by Gasteiger charge is 2.23. The number of aromatic nitrogens is 2. The van der Waals surface area contributed by atoms with E-state index in [2.05, 4.69) is 10.4 Å². The summed E-state index contributed by atoms with van der Waals surface area (Å²) >= 11 is 11.7. The lowest BCUT2D eigenvalue weighted by Crippen LogP contribution is -2.23. The molecule has 0 fully saturated rings. The zero-order valence-electron chi connectivity index (χ0n) is 13.8. The van der Waals surface area contributed by atoms with Gasteiger partial charge in [-0.15, -0.1) is 0 Å². The van der Waals surface area contributed by atoms with Crippen LogP contribution in [0.2, 0.25) is 10.0 Å². The minimum atomic E-state index is -0.766. The number of halogens is 2. The Balaban J connectivity index is 1.93. The Hall–Kier alpha value is -2.65. The first-order valence-electron chi connectivity index (χ1n) is 7.28. The molecule has 0 spiro atoms. The maximum atomic E-state index is 11.9. The Morgan fingerprint density at radius 3 is 2.65 bits per heavy atom. The average molecular weight is 401 g/mol. The van der Waals surface area contributed by atoms with E-state index in [4.69, 9.17) is 27.9 Å². The molecule has 1 amide bonds. The first-order valence-corrected chi connectivity index (χ1v) is 8.03. The lowest BCUT2D eigenvalue weighted by molar-refractivity contribution is -0.386. The number of carbonyl (C=O) groups is 2. The van der Waals surface area contributed by atoms with Crippen LogP contribution in [0.1, 0.15) is 11.4 Å².